The molecule has 0 radical (unpaired) electrons. The van der Waals surface area contributed by atoms with E-state index in [9.17, 15) is 14.7 Å². The first kappa shape index (κ1) is 14.8. The second-order valence-corrected chi connectivity index (χ2v) is 7.05. The van der Waals surface area contributed by atoms with Crippen molar-refractivity contribution in [3.63, 3.8) is 0 Å². The molecule has 5 nitrogen and oxygen atoms in total. The number of carbonyl (C=O) groups is 2. The van der Waals surface area contributed by atoms with Crippen LogP contribution in [0.5, 0.6) is 0 Å². The van der Waals surface area contributed by atoms with Gasteiger partial charge in [-0.2, -0.15) is 0 Å². The van der Waals surface area contributed by atoms with E-state index in [-0.39, 0.29) is 11.9 Å². The van der Waals surface area contributed by atoms with E-state index < -0.39 is 11.4 Å². The van der Waals surface area contributed by atoms with Gasteiger partial charge in [0.15, 0.2) is 0 Å². The second kappa shape index (κ2) is 5.59. The molecular weight excluding hydrogens is 268 g/mol. The molecule has 3 fully saturated rings. The number of nitrogens with zero attached hydrogens (tertiary/aromatic N) is 1. The minimum Gasteiger partial charge on any atom is -0.481 e. The number of hydrogen-bond acceptors (Lipinski definition) is 3. The molecule has 1 saturated carbocycles. The third-order valence-electron chi connectivity index (χ3n) is 5.96. The summed E-state index contributed by atoms with van der Waals surface area (Å²) in [6.45, 7) is 2.88. The number of likely N-dealkylation sites (tertiary alicyclic amines) is 1. The number of hydrogen-bond donors (Lipinski definition) is 2. The molecule has 118 valence electrons. The van der Waals surface area contributed by atoms with Crippen molar-refractivity contribution in [3.8, 4) is 0 Å². The predicted octanol–water partition coefficient (Wildman–Crippen LogP) is 1.62. The van der Waals surface area contributed by atoms with Crippen molar-refractivity contribution in [2.24, 2.45) is 11.3 Å². The standard InChI is InChI=1S/C16H26N2O3/c1-2-16(15(20)21)7-8-18(10-16)14(19)13-9-11-5-3-4-6-12(11)17-13/h11-13,17H,2-10H2,1H3,(H,20,21). The van der Waals surface area contributed by atoms with E-state index >= 15 is 0 Å². The Kier molecular flexibility index (Phi) is 3.95. The Morgan fingerprint density at radius 3 is 2.71 bits per heavy atom. The molecule has 1 aliphatic carbocycles. The third-order valence-corrected chi connectivity index (χ3v) is 5.96. The van der Waals surface area contributed by atoms with Gasteiger partial charge in [-0.25, -0.2) is 0 Å². The molecule has 3 aliphatic rings. The summed E-state index contributed by atoms with van der Waals surface area (Å²) in [7, 11) is 0. The Hall–Kier alpha value is -1.10. The normalized spacial score (nSPS) is 39.3. The van der Waals surface area contributed by atoms with Gasteiger partial charge < -0.3 is 15.3 Å². The zero-order valence-electron chi connectivity index (χ0n) is 12.8. The summed E-state index contributed by atoms with van der Waals surface area (Å²) in [5.74, 6) is 0.0139. The second-order valence-electron chi connectivity index (χ2n) is 7.05. The molecule has 5 heteroatoms. The van der Waals surface area contributed by atoms with Crippen LogP contribution >= 0.6 is 0 Å². The number of fused-ring (bicyclic) bond motifs is 1. The topological polar surface area (TPSA) is 69.6 Å². The number of rotatable bonds is 3. The van der Waals surface area contributed by atoms with E-state index in [1.165, 1.54) is 25.7 Å². The lowest BCUT2D eigenvalue weighted by Gasteiger charge is -2.25. The summed E-state index contributed by atoms with van der Waals surface area (Å²) < 4.78 is 0. The number of aliphatic carboxylic acids is 1. The van der Waals surface area contributed by atoms with Gasteiger partial charge in [0.1, 0.15) is 0 Å². The van der Waals surface area contributed by atoms with Gasteiger partial charge in [-0.15, -0.1) is 0 Å². The highest BCUT2D eigenvalue weighted by Crippen LogP contribution is 2.37. The summed E-state index contributed by atoms with van der Waals surface area (Å²) in [6.07, 6.45) is 7.08. The largest absolute Gasteiger partial charge is 0.481 e. The Morgan fingerprint density at radius 2 is 2.10 bits per heavy atom. The average Bonchev–Trinajstić information content (AvgIpc) is 3.11. The summed E-state index contributed by atoms with van der Waals surface area (Å²) in [6, 6.07) is 0.422. The molecule has 0 spiro atoms. The molecule has 2 aliphatic heterocycles. The zero-order valence-corrected chi connectivity index (χ0v) is 12.8. The Balaban J connectivity index is 1.63. The van der Waals surface area contributed by atoms with Crippen LogP contribution in [0.25, 0.3) is 0 Å². The Bertz CT molecular complexity index is 425. The molecule has 3 rings (SSSR count). The van der Waals surface area contributed by atoms with Crippen LogP contribution in [0.1, 0.15) is 51.9 Å². The van der Waals surface area contributed by atoms with Crippen molar-refractivity contribution in [3.05, 3.63) is 0 Å². The highest BCUT2D eigenvalue weighted by atomic mass is 16.4. The van der Waals surface area contributed by atoms with Gasteiger partial charge in [-0.05, 0) is 38.0 Å². The maximum absolute atomic E-state index is 12.7. The van der Waals surface area contributed by atoms with Gasteiger partial charge in [-0.1, -0.05) is 19.8 Å². The number of carboxylic acids is 1. The zero-order chi connectivity index (χ0) is 15.0. The molecule has 1 amide bonds. The van der Waals surface area contributed by atoms with Crippen molar-refractivity contribution in [2.75, 3.05) is 13.1 Å². The van der Waals surface area contributed by atoms with E-state index in [1.807, 2.05) is 6.92 Å². The van der Waals surface area contributed by atoms with Crippen molar-refractivity contribution in [1.82, 2.24) is 10.2 Å². The SMILES string of the molecule is CCC1(C(=O)O)CCN(C(=O)C2CC3CCCCC3N2)C1. The van der Waals surface area contributed by atoms with Crippen molar-refractivity contribution >= 4 is 11.9 Å². The summed E-state index contributed by atoms with van der Waals surface area (Å²) in [5.41, 5.74) is -0.721. The van der Waals surface area contributed by atoms with Crippen LogP contribution in [0.2, 0.25) is 0 Å². The molecule has 2 saturated heterocycles. The summed E-state index contributed by atoms with van der Waals surface area (Å²) in [5, 5.41) is 12.9. The lowest BCUT2D eigenvalue weighted by Crippen LogP contribution is -2.46. The van der Waals surface area contributed by atoms with Crippen LogP contribution in [0, 0.1) is 11.3 Å². The number of amides is 1. The molecular formula is C16H26N2O3. The Morgan fingerprint density at radius 1 is 1.33 bits per heavy atom. The first-order valence-electron chi connectivity index (χ1n) is 8.34. The third kappa shape index (κ3) is 2.56. The van der Waals surface area contributed by atoms with Gasteiger partial charge in [0, 0.05) is 19.1 Å². The van der Waals surface area contributed by atoms with Crippen LogP contribution < -0.4 is 5.32 Å². The minimum absolute atomic E-state index is 0.0837. The fourth-order valence-electron chi connectivity index (χ4n) is 4.41. The summed E-state index contributed by atoms with van der Waals surface area (Å²) in [4.78, 5) is 26.0. The molecule has 2 heterocycles. The van der Waals surface area contributed by atoms with Crippen molar-refractivity contribution in [1.29, 1.82) is 0 Å². The van der Waals surface area contributed by atoms with E-state index in [2.05, 4.69) is 5.32 Å². The number of carboxylic acid groups (broad SMARTS) is 1. The molecule has 4 atom stereocenters. The minimum atomic E-state index is -0.756. The first-order valence-corrected chi connectivity index (χ1v) is 8.34. The van der Waals surface area contributed by atoms with Gasteiger partial charge >= 0.3 is 5.97 Å². The molecule has 0 aromatic heterocycles. The quantitative estimate of drug-likeness (QED) is 0.830. The molecule has 4 unspecified atom stereocenters. The molecule has 0 bridgehead atoms. The van der Waals surface area contributed by atoms with Gasteiger partial charge in [0.2, 0.25) is 5.91 Å². The number of carbonyl (C=O) groups excluding carboxylic acids is 1. The lowest BCUT2D eigenvalue weighted by atomic mass is 9.84. The fourth-order valence-corrected chi connectivity index (χ4v) is 4.41. The van der Waals surface area contributed by atoms with Gasteiger partial charge in [-0.3, -0.25) is 9.59 Å². The predicted molar refractivity (Wildman–Crippen MR) is 78.8 cm³/mol. The molecule has 0 aromatic carbocycles. The maximum Gasteiger partial charge on any atom is 0.311 e. The summed E-state index contributed by atoms with van der Waals surface area (Å²) >= 11 is 0. The van der Waals surface area contributed by atoms with E-state index in [4.69, 9.17) is 0 Å². The lowest BCUT2D eigenvalue weighted by molar-refractivity contribution is -0.148. The first-order chi connectivity index (χ1) is 10.1. The Labute approximate surface area is 126 Å². The monoisotopic (exact) mass is 294 g/mol. The highest BCUT2D eigenvalue weighted by molar-refractivity contribution is 5.84. The van der Waals surface area contributed by atoms with E-state index in [0.29, 0.717) is 37.9 Å². The van der Waals surface area contributed by atoms with Crippen LogP contribution in [-0.2, 0) is 9.59 Å². The van der Waals surface area contributed by atoms with Crippen LogP contribution in [-0.4, -0.2) is 47.1 Å². The van der Waals surface area contributed by atoms with Crippen molar-refractivity contribution in [2.45, 2.75) is 64.0 Å². The van der Waals surface area contributed by atoms with E-state index in [1.54, 1.807) is 4.90 Å². The number of nitrogens with one attached hydrogen (secondary N) is 1. The van der Waals surface area contributed by atoms with Crippen LogP contribution in [0.3, 0.4) is 0 Å². The maximum atomic E-state index is 12.7. The van der Waals surface area contributed by atoms with Gasteiger partial charge in [0.05, 0.1) is 11.5 Å². The smallest absolute Gasteiger partial charge is 0.311 e. The van der Waals surface area contributed by atoms with Crippen molar-refractivity contribution < 1.29 is 14.7 Å². The van der Waals surface area contributed by atoms with Crippen LogP contribution in [0.4, 0.5) is 0 Å². The fraction of sp³-hybridized carbons (Fsp3) is 0.875. The molecule has 2 N–H and O–H groups in total. The molecule has 21 heavy (non-hydrogen) atoms. The van der Waals surface area contributed by atoms with Crippen LogP contribution in [0.15, 0.2) is 0 Å². The highest BCUT2D eigenvalue weighted by Gasteiger charge is 2.47. The average molecular weight is 294 g/mol. The molecule has 0 aromatic rings. The van der Waals surface area contributed by atoms with E-state index in [0.717, 1.165) is 6.42 Å². The van der Waals surface area contributed by atoms with Gasteiger partial charge in [0.25, 0.3) is 0 Å².